The van der Waals surface area contributed by atoms with Gasteiger partial charge in [-0.3, -0.25) is 0 Å². The van der Waals surface area contributed by atoms with Crippen LogP contribution in [-0.4, -0.2) is 6.61 Å². The van der Waals surface area contributed by atoms with E-state index in [-0.39, 0.29) is 0 Å². The van der Waals surface area contributed by atoms with Crippen LogP contribution in [0.2, 0.25) is 0 Å². The molecule has 1 heteroatoms. The zero-order valence-electron chi connectivity index (χ0n) is 9.26. The molecule has 1 nitrogen and oxygen atoms in total. The molecule has 1 saturated heterocycles. The van der Waals surface area contributed by atoms with E-state index in [1.165, 1.54) is 35.1 Å². The lowest BCUT2D eigenvalue weighted by molar-refractivity contribution is 0.111. The van der Waals surface area contributed by atoms with E-state index in [9.17, 15) is 0 Å². The van der Waals surface area contributed by atoms with Gasteiger partial charge >= 0.3 is 0 Å². The fraction of sp³-hybridized carbons (Fsp3) is 0.538. The summed E-state index contributed by atoms with van der Waals surface area (Å²) in [5.74, 6) is 0. The van der Waals surface area contributed by atoms with Crippen LogP contribution >= 0.6 is 0 Å². The van der Waals surface area contributed by atoms with Gasteiger partial charge in [-0.15, -0.1) is 0 Å². The maximum atomic E-state index is 5.71. The summed E-state index contributed by atoms with van der Waals surface area (Å²) in [5.41, 5.74) is 5.52. The van der Waals surface area contributed by atoms with Crippen molar-refractivity contribution in [1.29, 1.82) is 0 Å². The quantitative estimate of drug-likeness (QED) is 0.659. The average molecular weight is 190 g/mol. The zero-order chi connectivity index (χ0) is 10.1. The third-order valence-corrected chi connectivity index (χ3v) is 3.16. The standard InChI is InChI=1S/C13H18O/c1-9-7-11(3)12(8-10(9)2)13-5-4-6-14-13/h7-8,13H,4-6H2,1-3H3. The highest BCUT2D eigenvalue weighted by molar-refractivity contribution is 5.37. The Morgan fingerprint density at radius 3 is 2.43 bits per heavy atom. The van der Waals surface area contributed by atoms with Crippen LogP contribution in [0.15, 0.2) is 12.1 Å². The van der Waals surface area contributed by atoms with Crippen LogP contribution in [-0.2, 0) is 4.74 Å². The lowest BCUT2D eigenvalue weighted by Gasteiger charge is -2.15. The van der Waals surface area contributed by atoms with Crippen LogP contribution in [0.5, 0.6) is 0 Å². The molecule has 0 aromatic heterocycles. The van der Waals surface area contributed by atoms with Crippen LogP contribution < -0.4 is 0 Å². The van der Waals surface area contributed by atoms with Crippen molar-refractivity contribution >= 4 is 0 Å². The van der Waals surface area contributed by atoms with Crippen molar-refractivity contribution in [3.63, 3.8) is 0 Å². The number of rotatable bonds is 1. The Kier molecular flexibility index (Phi) is 2.60. The van der Waals surface area contributed by atoms with Gasteiger partial charge < -0.3 is 4.74 Å². The average Bonchev–Trinajstić information content (AvgIpc) is 2.64. The van der Waals surface area contributed by atoms with Gasteiger partial charge in [0.2, 0.25) is 0 Å². The van der Waals surface area contributed by atoms with E-state index < -0.39 is 0 Å². The maximum Gasteiger partial charge on any atom is 0.0828 e. The van der Waals surface area contributed by atoms with Crippen molar-refractivity contribution in [2.24, 2.45) is 0 Å². The highest BCUT2D eigenvalue weighted by Gasteiger charge is 2.19. The number of aryl methyl sites for hydroxylation is 3. The summed E-state index contributed by atoms with van der Waals surface area (Å²) < 4.78 is 5.71. The number of benzene rings is 1. The molecule has 14 heavy (non-hydrogen) atoms. The van der Waals surface area contributed by atoms with E-state index in [0.717, 1.165) is 6.61 Å². The van der Waals surface area contributed by atoms with Crippen molar-refractivity contribution in [2.45, 2.75) is 39.7 Å². The minimum absolute atomic E-state index is 0.356. The first-order valence-corrected chi connectivity index (χ1v) is 5.38. The van der Waals surface area contributed by atoms with Gasteiger partial charge in [-0.25, -0.2) is 0 Å². The first kappa shape index (κ1) is 9.72. The van der Waals surface area contributed by atoms with Crippen molar-refractivity contribution in [3.8, 4) is 0 Å². The molecule has 1 fully saturated rings. The Morgan fingerprint density at radius 1 is 1.07 bits per heavy atom. The van der Waals surface area contributed by atoms with E-state index in [4.69, 9.17) is 4.74 Å². The van der Waals surface area contributed by atoms with E-state index in [2.05, 4.69) is 32.9 Å². The molecule has 1 aromatic rings. The largest absolute Gasteiger partial charge is 0.374 e. The Bertz CT molecular complexity index is 335. The van der Waals surface area contributed by atoms with Crippen molar-refractivity contribution in [2.75, 3.05) is 6.61 Å². The SMILES string of the molecule is Cc1cc(C)c(C2CCCO2)cc1C. The summed E-state index contributed by atoms with van der Waals surface area (Å²) in [4.78, 5) is 0. The smallest absolute Gasteiger partial charge is 0.0828 e. The predicted octanol–water partition coefficient (Wildman–Crippen LogP) is 3.46. The Labute approximate surface area is 86.1 Å². The van der Waals surface area contributed by atoms with E-state index in [1.807, 2.05) is 0 Å². The second-order valence-electron chi connectivity index (χ2n) is 4.29. The molecule has 1 aliphatic heterocycles. The Balaban J connectivity index is 2.37. The van der Waals surface area contributed by atoms with Gasteiger partial charge in [-0.1, -0.05) is 12.1 Å². The first-order valence-electron chi connectivity index (χ1n) is 5.38. The predicted molar refractivity (Wildman–Crippen MR) is 58.6 cm³/mol. The molecule has 76 valence electrons. The van der Waals surface area contributed by atoms with Crippen LogP contribution in [0.25, 0.3) is 0 Å². The summed E-state index contributed by atoms with van der Waals surface area (Å²) in [6.45, 7) is 7.45. The topological polar surface area (TPSA) is 9.23 Å². The molecule has 1 aromatic carbocycles. The van der Waals surface area contributed by atoms with Crippen molar-refractivity contribution < 1.29 is 4.74 Å². The number of hydrogen-bond donors (Lipinski definition) is 0. The van der Waals surface area contributed by atoms with E-state index in [0.29, 0.717) is 6.10 Å². The van der Waals surface area contributed by atoms with Gasteiger partial charge in [0.1, 0.15) is 0 Å². The number of hydrogen-bond acceptors (Lipinski definition) is 1. The van der Waals surface area contributed by atoms with E-state index >= 15 is 0 Å². The summed E-state index contributed by atoms with van der Waals surface area (Å²) in [6, 6.07) is 4.56. The van der Waals surface area contributed by atoms with Crippen LogP contribution in [0.4, 0.5) is 0 Å². The molecule has 0 spiro atoms. The molecule has 1 heterocycles. The van der Waals surface area contributed by atoms with Gasteiger partial charge in [-0.2, -0.15) is 0 Å². The molecule has 1 atom stereocenters. The molecular formula is C13H18O. The monoisotopic (exact) mass is 190 g/mol. The zero-order valence-corrected chi connectivity index (χ0v) is 9.26. The molecule has 0 saturated carbocycles. The first-order chi connectivity index (χ1) is 6.68. The Hall–Kier alpha value is -0.820. The highest BCUT2D eigenvalue weighted by atomic mass is 16.5. The molecular weight excluding hydrogens is 172 g/mol. The van der Waals surface area contributed by atoms with Crippen LogP contribution in [0.1, 0.15) is 41.2 Å². The number of ether oxygens (including phenoxy) is 1. The molecule has 0 radical (unpaired) electrons. The summed E-state index contributed by atoms with van der Waals surface area (Å²) in [6.07, 6.45) is 2.75. The maximum absolute atomic E-state index is 5.71. The molecule has 0 bridgehead atoms. The van der Waals surface area contributed by atoms with Crippen LogP contribution in [0, 0.1) is 20.8 Å². The third-order valence-electron chi connectivity index (χ3n) is 3.16. The molecule has 0 N–H and O–H groups in total. The second-order valence-corrected chi connectivity index (χ2v) is 4.29. The van der Waals surface area contributed by atoms with Gasteiger partial charge in [0.15, 0.2) is 0 Å². The van der Waals surface area contributed by atoms with Crippen molar-refractivity contribution in [1.82, 2.24) is 0 Å². The van der Waals surface area contributed by atoms with E-state index in [1.54, 1.807) is 0 Å². The van der Waals surface area contributed by atoms with Gasteiger partial charge in [0.05, 0.1) is 6.10 Å². The fourth-order valence-corrected chi connectivity index (χ4v) is 2.15. The Morgan fingerprint density at radius 2 is 1.79 bits per heavy atom. The molecule has 1 aliphatic rings. The van der Waals surface area contributed by atoms with Gasteiger partial charge in [-0.05, 0) is 55.9 Å². The fourth-order valence-electron chi connectivity index (χ4n) is 2.15. The highest BCUT2D eigenvalue weighted by Crippen LogP contribution is 2.31. The summed E-state index contributed by atoms with van der Waals surface area (Å²) >= 11 is 0. The molecule has 2 rings (SSSR count). The second kappa shape index (κ2) is 3.74. The summed E-state index contributed by atoms with van der Waals surface area (Å²) in [7, 11) is 0. The minimum Gasteiger partial charge on any atom is -0.374 e. The molecule has 0 amide bonds. The summed E-state index contributed by atoms with van der Waals surface area (Å²) in [5, 5.41) is 0. The normalized spacial score (nSPS) is 21.5. The minimum atomic E-state index is 0.356. The van der Waals surface area contributed by atoms with Gasteiger partial charge in [0, 0.05) is 6.61 Å². The lowest BCUT2D eigenvalue weighted by Crippen LogP contribution is -2.00. The lowest BCUT2D eigenvalue weighted by atomic mass is 9.96. The van der Waals surface area contributed by atoms with Gasteiger partial charge in [0.25, 0.3) is 0 Å². The van der Waals surface area contributed by atoms with Crippen molar-refractivity contribution in [3.05, 3.63) is 34.4 Å². The third kappa shape index (κ3) is 1.69. The van der Waals surface area contributed by atoms with Crippen LogP contribution in [0.3, 0.4) is 0 Å². The molecule has 1 unspecified atom stereocenters. The molecule has 0 aliphatic carbocycles.